The minimum atomic E-state index is -0.169. The highest BCUT2D eigenvalue weighted by atomic mass is 16.4. The molecule has 112 valence electrons. The van der Waals surface area contributed by atoms with Crippen LogP contribution in [-0.4, -0.2) is 15.9 Å². The van der Waals surface area contributed by atoms with Gasteiger partial charge < -0.3 is 9.73 Å². The van der Waals surface area contributed by atoms with Gasteiger partial charge in [0.05, 0.1) is 12.1 Å². The Morgan fingerprint density at radius 1 is 1.29 bits per heavy atom. The third-order valence-corrected chi connectivity index (χ3v) is 3.03. The molecule has 0 aliphatic heterocycles. The monoisotopic (exact) mass is 287 g/mol. The van der Waals surface area contributed by atoms with Gasteiger partial charge in [-0.2, -0.15) is 0 Å². The van der Waals surface area contributed by atoms with E-state index < -0.39 is 0 Å². The average Bonchev–Trinajstić information content (AvgIpc) is 2.74. The van der Waals surface area contributed by atoms with Gasteiger partial charge in [-0.25, -0.2) is 9.97 Å². The summed E-state index contributed by atoms with van der Waals surface area (Å²) in [6.45, 7) is 9.88. The number of carbonyl (C=O) groups excluding carboxylic acids is 1. The van der Waals surface area contributed by atoms with Gasteiger partial charge in [0.1, 0.15) is 11.6 Å². The lowest BCUT2D eigenvalue weighted by molar-refractivity contribution is -0.115. The van der Waals surface area contributed by atoms with Crippen LogP contribution >= 0.6 is 0 Å². The van der Waals surface area contributed by atoms with Crippen LogP contribution in [0.15, 0.2) is 22.7 Å². The summed E-state index contributed by atoms with van der Waals surface area (Å²) >= 11 is 0. The Bertz CT molecular complexity index is 637. The van der Waals surface area contributed by atoms with Crippen molar-refractivity contribution in [3.63, 3.8) is 0 Å². The first-order valence-electron chi connectivity index (χ1n) is 6.95. The molecule has 1 N–H and O–H groups in total. The molecule has 2 aromatic rings. The number of anilines is 1. The van der Waals surface area contributed by atoms with E-state index in [4.69, 9.17) is 4.42 Å². The molecule has 21 heavy (non-hydrogen) atoms. The molecule has 2 aromatic heterocycles. The molecule has 5 heteroatoms. The maximum Gasteiger partial charge on any atom is 0.233 e. The van der Waals surface area contributed by atoms with Crippen molar-refractivity contribution in [3.8, 4) is 0 Å². The Morgan fingerprint density at radius 3 is 2.52 bits per heavy atom. The Kier molecular flexibility index (Phi) is 4.11. The quantitative estimate of drug-likeness (QED) is 0.941. The Morgan fingerprint density at radius 2 is 2.00 bits per heavy atom. The molecule has 0 atom stereocenters. The first kappa shape index (κ1) is 15.2. The van der Waals surface area contributed by atoms with E-state index in [1.54, 1.807) is 12.3 Å². The largest absolute Gasteiger partial charge is 0.444 e. The molecule has 0 fully saturated rings. The summed E-state index contributed by atoms with van der Waals surface area (Å²) in [5.74, 6) is 1.63. The third-order valence-electron chi connectivity index (χ3n) is 3.03. The SMILES string of the molecule is Cc1ccc(NC(=O)Cc2oc(C(C)(C)C)nc2C)nc1. The topological polar surface area (TPSA) is 68.0 Å². The number of nitrogens with one attached hydrogen (secondary N) is 1. The summed E-state index contributed by atoms with van der Waals surface area (Å²) in [6.07, 6.45) is 1.87. The number of amides is 1. The number of aromatic nitrogens is 2. The van der Waals surface area contributed by atoms with Crippen molar-refractivity contribution in [3.05, 3.63) is 41.2 Å². The molecule has 1 amide bonds. The van der Waals surface area contributed by atoms with E-state index >= 15 is 0 Å². The third kappa shape index (κ3) is 3.90. The van der Waals surface area contributed by atoms with Crippen molar-refractivity contribution in [2.24, 2.45) is 0 Å². The van der Waals surface area contributed by atoms with Gasteiger partial charge in [-0.3, -0.25) is 4.79 Å². The molecule has 2 heterocycles. The van der Waals surface area contributed by atoms with Gasteiger partial charge >= 0.3 is 0 Å². The van der Waals surface area contributed by atoms with Crippen LogP contribution in [0.25, 0.3) is 0 Å². The second kappa shape index (κ2) is 5.68. The van der Waals surface area contributed by atoms with Crippen LogP contribution in [0, 0.1) is 13.8 Å². The van der Waals surface area contributed by atoms with Crippen LogP contribution in [-0.2, 0) is 16.6 Å². The molecule has 2 rings (SSSR count). The zero-order valence-electron chi connectivity index (χ0n) is 13.2. The van der Waals surface area contributed by atoms with Crippen molar-refractivity contribution in [2.45, 2.75) is 46.5 Å². The van der Waals surface area contributed by atoms with Crippen LogP contribution < -0.4 is 5.32 Å². The van der Waals surface area contributed by atoms with Crippen LogP contribution in [0.3, 0.4) is 0 Å². The van der Waals surface area contributed by atoms with Gasteiger partial charge in [-0.15, -0.1) is 0 Å². The molecule has 5 nitrogen and oxygen atoms in total. The van der Waals surface area contributed by atoms with Gasteiger partial charge in [0, 0.05) is 11.6 Å². The number of aryl methyl sites for hydroxylation is 2. The van der Waals surface area contributed by atoms with Crippen molar-refractivity contribution in [1.82, 2.24) is 9.97 Å². The molecule has 0 aromatic carbocycles. The molecular formula is C16H21N3O2. The predicted molar refractivity (Wildman–Crippen MR) is 81.2 cm³/mol. The maximum absolute atomic E-state index is 12.0. The smallest absolute Gasteiger partial charge is 0.233 e. The van der Waals surface area contributed by atoms with E-state index in [0.29, 0.717) is 17.5 Å². The molecule has 0 radical (unpaired) electrons. The maximum atomic E-state index is 12.0. The van der Waals surface area contributed by atoms with E-state index in [2.05, 4.69) is 15.3 Å². The highest BCUT2D eigenvalue weighted by molar-refractivity contribution is 5.91. The number of carbonyl (C=O) groups is 1. The van der Waals surface area contributed by atoms with Crippen molar-refractivity contribution in [2.75, 3.05) is 5.32 Å². The highest BCUT2D eigenvalue weighted by Crippen LogP contribution is 2.24. The van der Waals surface area contributed by atoms with Gasteiger partial charge in [0.25, 0.3) is 0 Å². The normalized spacial score (nSPS) is 11.5. The van der Waals surface area contributed by atoms with Crippen LogP contribution in [0.5, 0.6) is 0 Å². The lowest BCUT2D eigenvalue weighted by Gasteiger charge is -2.12. The fourth-order valence-electron chi connectivity index (χ4n) is 1.79. The zero-order valence-corrected chi connectivity index (χ0v) is 13.2. The van der Waals surface area contributed by atoms with Crippen molar-refractivity contribution >= 4 is 11.7 Å². The number of rotatable bonds is 3. The minimum Gasteiger partial charge on any atom is -0.444 e. The minimum absolute atomic E-state index is 0.157. The van der Waals surface area contributed by atoms with E-state index in [1.165, 1.54) is 0 Å². The second-order valence-electron chi connectivity index (χ2n) is 6.22. The van der Waals surface area contributed by atoms with Crippen molar-refractivity contribution < 1.29 is 9.21 Å². The Balaban J connectivity index is 2.06. The molecule has 0 aliphatic rings. The van der Waals surface area contributed by atoms with Gasteiger partial charge in [-0.05, 0) is 25.5 Å². The summed E-state index contributed by atoms with van der Waals surface area (Å²) in [5.41, 5.74) is 1.64. The summed E-state index contributed by atoms with van der Waals surface area (Å²) in [4.78, 5) is 20.6. The van der Waals surface area contributed by atoms with E-state index in [1.807, 2.05) is 40.7 Å². The lowest BCUT2D eigenvalue weighted by atomic mass is 9.97. The molecule has 0 saturated carbocycles. The van der Waals surface area contributed by atoms with E-state index in [0.717, 1.165) is 11.3 Å². The van der Waals surface area contributed by atoms with Gasteiger partial charge in [0.15, 0.2) is 5.89 Å². The first-order valence-corrected chi connectivity index (χ1v) is 6.95. The first-order chi connectivity index (χ1) is 9.75. The fourth-order valence-corrected chi connectivity index (χ4v) is 1.79. The van der Waals surface area contributed by atoms with Crippen molar-refractivity contribution in [1.29, 1.82) is 0 Å². The molecule has 0 spiro atoms. The van der Waals surface area contributed by atoms with E-state index in [-0.39, 0.29) is 17.7 Å². The number of oxazole rings is 1. The van der Waals surface area contributed by atoms with Gasteiger partial charge in [0.2, 0.25) is 5.91 Å². The van der Waals surface area contributed by atoms with Gasteiger partial charge in [-0.1, -0.05) is 26.8 Å². The lowest BCUT2D eigenvalue weighted by Crippen LogP contribution is -2.15. The van der Waals surface area contributed by atoms with Crippen LogP contribution in [0.2, 0.25) is 0 Å². The number of pyridine rings is 1. The predicted octanol–water partition coefficient (Wildman–Crippen LogP) is 3.17. The summed E-state index contributed by atoms with van der Waals surface area (Å²) < 4.78 is 5.71. The van der Waals surface area contributed by atoms with E-state index in [9.17, 15) is 4.79 Å². The number of hydrogen-bond acceptors (Lipinski definition) is 4. The molecule has 0 unspecified atom stereocenters. The number of hydrogen-bond donors (Lipinski definition) is 1. The highest BCUT2D eigenvalue weighted by Gasteiger charge is 2.23. The van der Waals surface area contributed by atoms with Crippen LogP contribution in [0.4, 0.5) is 5.82 Å². The average molecular weight is 287 g/mol. The molecule has 0 aliphatic carbocycles. The zero-order chi connectivity index (χ0) is 15.6. The molecule has 0 saturated heterocycles. The second-order valence-corrected chi connectivity index (χ2v) is 6.22. The Labute approximate surface area is 124 Å². The summed E-state index contributed by atoms with van der Waals surface area (Å²) in [7, 11) is 0. The molecule has 0 bridgehead atoms. The summed E-state index contributed by atoms with van der Waals surface area (Å²) in [6, 6.07) is 3.68. The standard InChI is InChI=1S/C16H21N3O2/c1-10-6-7-13(17-9-10)19-14(20)8-12-11(2)18-15(21-12)16(3,4)5/h6-7,9H,8H2,1-5H3,(H,17,19,20). The fraction of sp³-hybridized carbons (Fsp3) is 0.438. The molecular weight excluding hydrogens is 266 g/mol. The Hall–Kier alpha value is -2.17. The number of nitrogens with zero attached hydrogens (tertiary/aromatic N) is 2. The summed E-state index contributed by atoms with van der Waals surface area (Å²) in [5, 5.41) is 2.76. The van der Waals surface area contributed by atoms with Crippen LogP contribution in [0.1, 0.15) is 43.7 Å².